The average Bonchev–Trinajstić information content (AvgIpc) is 3.22. The third kappa shape index (κ3) is 4.57. The van der Waals surface area contributed by atoms with E-state index in [1.807, 2.05) is 6.07 Å². The molecule has 2 fully saturated rings. The smallest absolute Gasteiger partial charge is 0.407 e. The highest BCUT2D eigenvalue weighted by Crippen LogP contribution is 2.26. The van der Waals surface area contributed by atoms with E-state index in [-0.39, 0.29) is 29.7 Å². The Morgan fingerprint density at radius 3 is 2.50 bits per heavy atom. The van der Waals surface area contributed by atoms with Crippen molar-refractivity contribution in [1.29, 1.82) is 0 Å². The molecule has 0 unspecified atom stereocenters. The number of anilines is 3. The SMILES string of the molecule is N[C@H]1CC[C@H](Nc2cc(NC3CN(C(=O)O)C3)c3ncc(C(=O)Nc4ccncc4)n3n2)CC1. The van der Waals surface area contributed by atoms with Crippen molar-refractivity contribution in [3.05, 3.63) is 42.5 Å². The van der Waals surface area contributed by atoms with Crippen LogP contribution < -0.4 is 21.7 Å². The molecule has 0 spiro atoms. The maximum atomic E-state index is 13.0. The maximum Gasteiger partial charge on any atom is 0.407 e. The standard InChI is InChI=1S/C22H27N9O3/c23-13-1-3-14(4-2-13)27-19-9-17(26-16-11-30(12-16)22(33)34)20-25-10-18(31(20)29-19)21(32)28-15-5-7-24-8-6-15/h5-10,13-14,16,26H,1-4,11-12,23H2,(H,27,29)(H,33,34)(H,24,28,32)/t13-,14-. The largest absolute Gasteiger partial charge is 0.465 e. The van der Waals surface area contributed by atoms with E-state index in [4.69, 9.17) is 10.8 Å². The first kappa shape index (κ1) is 21.9. The lowest BCUT2D eigenvalue weighted by atomic mass is 9.92. The molecule has 1 saturated carbocycles. The molecule has 0 atom stereocenters. The number of carbonyl (C=O) groups is 2. The van der Waals surface area contributed by atoms with E-state index in [2.05, 4.69) is 31.0 Å². The molecule has 4 heterocycles. The van der Waals surface area contributed by atoms with E-state index in [1.54, 1.807) is 24.5 Å². The monoisotopic (exact) mass is 465 g/mol. The third-order valence-corrected chi connectivity index (χ3v) is 6.27. The number of aromatic nitrogens is 4. The van der Waals surface area contributed by atoms with Crippen molar-refractivity contribution in [3.63, 3.8) is 0 Å². The van der Waals surface area contributed by atoms with Crippen LogP contribution in [-0.2, 0) is 0 Å². The van der Waals surface area contributed by atoms with Crippen LogP contribution in [0.5, 0.6) is 0 Å². The van der Waals surface area contributed by atoms with Crippen LogP contribution in [0.25, 0.3) is 5.65 Å². The van der Waals surface area contributed by atoms with Crippen LogP contribution in [0.2, 0.25) is 0 Å². The van der Waals surface area contributed by atoms with Crippen LogP contribution in [0.1, 0.15) is 36.2 Å². The number of likely N-dealkylation sites (tertiary alicyclic amines) is 1. The van der Waals surface area contributed by atoms with Crippen LogP contribution in [0.15, 0.2) is 36.8 Å². The van der Waals surface area contributed by atoms with Crippen molar-refractivity contribution in [2.75, 3.05) is 29.0 Å². The molecule has 1 aliphatic heterocycles. The molecule has 5 rings (SSSR count). The molecule has 3 aromatic heterocycles. The quantitative estimate of drug-likeness (QED) is 0.365. The third-order valence-electron chi connectivity index (χ3n) is 6.27. The van der Waals surface area contributed by atoms with Gasteiger partial charge < -0.3 is 31.7 Å². The van der Waals surface area contributed by atoms with Gasteiger partial charge in [0.1, 0.15) is 5.82 Å². The van der Waals surface area contributed by atoms with Crippen molar-refractivity contribution >= 4 is 34.8 Å². The summed E-state index contributed by atoms with van der Waals surface area (Å²) in [6.45, 7) is 0.756. The summed E-state index contributed by atoms with van der Waals surface area (Å²) in [5.41, 5.74) is 8.11. The average molecular weight is 466 g/mol. The lowest BCUT2D eigenvalue weighted by molar-refractivity contribution is 0.101. The Hall–Kier alpha value is -3.93. The van der Waals surface area contributed by atoms with Gasteiger partial charge in [-0.15, -0.1) is 5.10 Å². The van der Waals surface area contributed by atoms with Crippen LogP contribution in [0.3, 0.4) is 0 Å². The summed E-state index contributed by atoms with van der Waals surface area (Å²) in [7, 11) is 0. The van der Waals surface area contributed by atoms with Crippen molar-refractivity contribution in [3.8, 4) is 0 Å². The number of pyridine rings is 1. The highest BCUT2D eigenvalue weighted by atomic mass is 16.4. The van der Waals surface area contributed by atoms with Gasteiger partial charge in [0.2, 0.25) is 0 Å². The van der Waals surface area contributed by atoms with Gasteiger partial charge in [0, 0.05) is 49.3 Å². The maximum absolute atomic E-state index is 13.0. The number of nitrogens with zero attached hydrogens (tertiary/aromatic N) is 5. The molecule has 1 aliphatic carbocycles. The molecule has 0 radical (unpaired) electrons. The summed E-state index contributed by atoms with van der Waals surface area (Å²) in [6, 6.07) is 5.69. The van der Waals surface area contributed by atoms with Gasteiger partial charge in [-0.25, -0.2) is 14.3 Å². The fourth-order valence-corrected chi connectivity index (χ4v) is 4.35. The summed E-state index contributed by atoms with van der Waals surface area (Å²) in [4.78, 5) is 33.8. The molecule has 12 heteroatoms. The molecule has 6 N–H and O–H groups in total. The first-order valence-electron chi connectivity index (χ1n) is 11.3. The molecule has 12 nitrogen and oxygen atoms in total. The number of carbonyl (C=O) groups excluding carboxylic acids is 1. The van der Waals surface area contributed by atoms with Crippen molar-refractivity contribution in [2.45, 2.75) is 43.8 Å². The summed E-state index contributed by atoms with van der Waals surface area (Å²) in [5.74, 6) is 0.263. The fraction of sp³-hybridized carbons (Fsp3) is 0.409. The van der Waals surface area contributed by atoms with E-state index in [0.29, 0.717) is 35.9 Å². The number of amides is 2. The highest BCUT2D eigenvalue weighted by molar-refractivity contribution is 6.03. The van der Waals surface area contributed by atoms with Gasteiger partial charge >= 0.3 is 6.09 Å². The molecular weight excluding hydrogens is 438 g/mol. The normalized spacial score (nSPS) is 20.6. The Morgan fingerprint density at radius 1 is 1.06 bits per heavy atom. The lowest BCUT2D eigenvalue weighted by Crippen LogP contribution is -2.56. The van der Waals surface area contributed by atoms with Crippen molar-refractivity contribution in [2.24, 2.45) is 5.73 Å². The molecular formula is C22H27N9O3. The number of nitrogens with two attached hydrogens (primary N) is 1. The molecule has 2 aliphatic rings. The lowest BCUT2D eigenvalue weighted by Gasteiger charge is -2.38. The zero-order valence-corrected chi connectivity index (χ0v) is 18.5. The van der Waals surface area contributed by atoms with Gasteiger partial charge in [-0.1, -0.05) is 0 Å². The van der Waals surface area contributed by atoms with E-state index in [9.17, 15) is 9.59 Å². The van der Waals surface area contributed by atoms with Gasteiger partial charge in [0.15, 0.2) is 11.3 Å². The van der Waals surface area contributed by atoms with Gasteiger partial charge in [0.05, 0.1) is 17.9 Å². The number of nitrogens with one attached hydrogen (secondary N) is 3. The predicted octanol–water partition coefficient (Wildman–Crippen LogP) is 1.83. The second-order valence-corrected chi connectivity index (χ2v) is 8.80. The summed E-state index contributed by atoms with van der Waals surface area (Å²) in [5, 5.41) is 23.5. The van der Waals surface area contributed by atoms with Crippen LogP contribution in [0, 0.1) is 0 Å². The number of hydrogen-bond acceptors (Lipinski definition) is 8. The number of carboxylic acid groups (broad SMARTS) is 1. The predicted molar refractivity (Wildman–Crippen MR) is 126 cm³/mol. The minimum atomic E-state index is -0.938. The molecule has 3 aromatic rings. The Labute approximate surface area is 195 Å². The number of hydrogen-bond donors (Lipinski definition) is 5. The molecule has 1 saturated heterocycles. The molecule has 178 valence electrons. The molecule has 0 aromatic carbocycles. The number of fused-ring (bicyclic) bond motifs is 1. The summed E-state index contributed by atoms with van der Waals surface area (Å²) >= 11 is 0. The Kier molecular flexibility index (Phi) is 5.88. The van der Waals surface area contributed by atoms with E-state index >= 15 is 0 Å². The van der Waals surface area contributed by atoms with Gasteiger partial charge in [-0.05, 0) is 37.8 Å². The Bertz CT molecular complexity index is 1190. The topological polar surface area (TPSA) is 163 Å². The second-order valence-electron chi connectivity index (χ2n) is 8.80. The minimum absolute atomic E-state index is 0.0476. The summed E-state index contributed by atoms with van der Waals surface area (Å²) < 4.78 is 1.52. The highest BCUT2D eigenvalue weighted by Gasteiger charge is 2.31. The van der Waals surface area contributed by atoms with E-state index in [1.165, 1.54) is 15.6 Å². The van der Waals surface area contributed by atoms with E-state index < -0.39 is 6.09 Å². The first-order valence-corrected chi connectivity index (χ1v) is 11.3. The number of rotatable bonds is 6. The van der Waals surface area contributed by atoms with Crippen LogP contribution >= 0.6 is 0 Å². The fourth-order valence-electron chi connectivity index (χ4n) is 4.35. The van der Waals surface area contributed by atoms with Crippen molar-refractivity contribution in [1.82, 2.24) is 24.5 Å². The van der Waals surface area contributed by atoms with Gasteiger partial charge in [-0.2, -0.15) is 0 Å². The van der Waals surface area contributed by atoms with Gasteiger partial charge in [0.25, 0.3) is 5.91 Å². The summed E-state index contributed by atoms with van der Waals surface area (Å²) in [6.07, 6.45) is 7.52. The minimum Gasteiger partial charge on any atom is -0.465 e. The molecule has 2 amide bonds. The Balaban J connectivity index is 1.43. The van der Waals surface area contributed by atoms with Crippen molar-refractivity contribution < 1.29 is 14.7 Å². The zero-order chi connectivity index (χ0) is 23.7. The second kappa shape index (κ2) is 9.14. The Morgan fingerprint density at radius 2 is 1.79 bits per heavy atom. The van der Waals surface area contributed by atoms with Crippen LogP contribution in [0.4, 0.5) is 22.0 Å². The zero-order valence-electron chi connectivity index (χ0n) is 18.5. The van der Waals surface area contributed by atoms with Gasteiger partial charge in [-0.3, -0.25) is 9.78 Å². The first-order chi connectivity index (χ1) is 16.5. The molecule has 34 heavy (non-hydrogen) atoms. The van der Waals surface area contributed by atoms with Crippen LogP contribution in [-0.4, -0.2) is 72.8 Å². The van der Waals surface area contributed by atoms with E-state index in [0.717, 1.165) is 25.7 Å². The number of imidazole rings is 1. The molecule has 0 bridgehead atoms.